The molecule has 1 heterocycles. The first-order valence-corrected chi connectivity index (χ1v) is 7.26. The molecule has 132 valence electrons. The van der Waals surface area contributed by atoms with E-state index < -0.39 is 11.7 Å². The number of azide groups is 1. The minimum Gasteiger partial charge on any atom is -0.434 e. The molecule has 2 rings (SSSR count). The van der Waals surface area contributed by atoms with Gasteiger partial charge in [-0.2, -0.15) is 13.2 Å². The van der Waals surface area contributed by atoms with Crippen molar-refractivity contribution < 1.29 is 22.8 Å². The molecule has 1 amide bonds. The number of rotatable bonds is 6. The van der Waals surface area contributed by atoms with Gasteiger partial charge in [-0.15, -0.1) is 0 Å². The van der Waals surface area contributed by atoms with Crippen LogP contribution in [0.5, 0.6) is 0 Å². The largest absolute Gasteiger partial charge is 0.434 e. The molecule has 0 aliphatic rings. The molecular weight excluding hydrogens is 339 g/mol. The number of carbonyl (C=O) groups excluding carboxylic acids is 1. The lowest BCUT2D eigenvalue weighted by Gasteiger charge is -2.13. The summed E-state index contributed by atoms with van der Waals surface area (Å²) in [5.74, 6) is -0.332. The van der Waals surface area contributed by atoms with Crippen LogP contribution in [0.25, 0.3) is 21.3 Å². The second kappa shape index (κ2) is 7.71. The summed E-state index contributed by atoms with van der Waals surface area (Å²) in [5, 5.41) is 5.36. The van der Waals surface area contributed by atoms with Gasteiger partial charge in [-0.05, 0) is 36.6 Å². The number of amides is 1. The summed E-state index contributed by atoms with van der Waals surface area (Å²) in [6.45, 7) is 1.37. The van der Waals surface area contributed by atoms with Crippen molar-refractivity contribution in [2.45, 2.75) is 25.9 Å². The van der Waals surface area contributed by atoms with Crippen molar-refractivity contribution in [1.82, 2.24) is 4.98 Å². The molecule has 0 fully saturated rings. The summed E-state index contributed by atoms with van der Waals surface area (Å²) in [6.07, 6.45) is -3.99. The van der Waals surface area contributed by atoms with Crippen LogP contribution >= 0.6 is 0 Å². The van der Waals surface area contributed by atoms with E-state index in [0.29, 0.717) is 12.1 Å². The van der Waals surface area contributed by atoms with Gasteiger partial charge in [-0.25, -0.2) is 0 Å². The van der Waals surface area contributed by atoms with E-state index in [9.17, 15) is 18.0 Å². The average Bonchev–Trinajstić information content (AvgIpc) is 2.52. The second-order valence-corrected chi connectivity index (χ2v) is 5.18. The van der Waals surface area contributed by atoms with Gasteiger partial charge < -0.3 is 10.2 Å². The van der Waals surface area contributed by atoms with Gasteiger partial charge in [0.15, 0.2) is 0 Å². The Labute approximate surface area is 140 Å². The number of halogens is 3. The summed E-state index contributed by atoms with van der Waals surface area (Å²) >= 11 is 0. The first-order valence-electron chi connectivity index (χ1n) is 7.26. The summed E-state index contributed by atoms with van der Waals surface area (Å²) < 4.78 is 40.0. The number of nitrogens with one attached hydrogen (secondary N) is 1. The fourth-order valence-electron chi connectivity index (χ4n) is 2.31. The van der Waals surface area contributed by atoms with Crippen molar-refractivity contribution in [3.63, 3.8) is 0 Å². The van der Waals surface area contributed by atoms with E-state index in [-0.39, 0.29) is 35.5 Å². The first kappa shape index (κ1) is 18.3. The third-order valence-electron chi connectivity index (χ3n) is 3.25. The summed E-state index contributed by atoms with van der Waals surface area (Å²) in [5.41, 5.74) is 8.01. The van der Waals surface area contributed by atoms with E-state index in [1.807, 2.05) is 0 Å². The summed E-state index contributed by atoms with van der Waals surface area (Å²) in [6, 6.07) is 5.07. The Morgan fingerprint density at radius 2 is 2.16 bits per heavy atom. The quantitative estimate of drug-likeness (QED) is 0.274. The first-order chi connectivity index (χ1) is 11.8. The number of nitrogens with zero attached hydrogens (tertiary/aromatic N) is 4. The van der Waals surface area contributed by atoms with E-state index in [1.165, 1.54) is 25.1 Å². The molecule has 2 aromatic rings. The Balaban J connectivity index is 2.37. The van der Waals surface area contributed by atoms with Crippen LogP contribution in [0, 0.1) is 0 Å². The van der Waals surface area contributed by atoms with Crippen LogP contribution in [0.1, 0.15) is 24.6 Å². The molecule has 1 aromatic carbocycles. The number of benzene rings is 1. The molecule has 0 atom stereocenters. The number of anilines is 1. The Morgan fingerprint density at radius 1 is 1.40 bits per heavy atom. The van der Waals surface area contributed by atoms with Crippen LogP contribution in [-0.2, 0) is 22.2 Å². The van der Waals surface area contributed by atoms with E-state index >= 15 is 0 Å². The van der Waals surface area contributed by atoms with Gasteiger partial charge in [0.05, 0.1) is 17.7 Å². The van der Waals surface area contributed by atoms with Crippen LogP contribution in [0.15, 0.2) is 29.5 Å². The third-order valence-corrected chi connectivity index (χ3v) is 3.25. The van der Waals surface area contributed by atoms with Crippen molar-refractivity contribution in [1.29, 1.82) is 0 Å². The van der Waals surface area contributed by atoms with Gasteiger partial charge >= 0.3 is 6.18 Å². The second-order valence-electron chi connectivity index (χ2n) is 5.18. The molecule has 0 aliphatic heterocycles. The smallest absolute Gasteiger partial charge is 0.417 e. The van der Waals surface area contributed by atoms with E-state index in [4.69, 9.17) is 5.53 Å². The van der Waals surface area contributed by atoms with Crippen molar-refractivity contribution in [3.8, 4) is 0 Å². The van der Waals surface area contributed by atoms with Crippen molar-refractivity contribution in [2.75, 3.05) is 11.9 Å². The zero-order valence-corrected chi connectivity index (χ0v) is 13.2. The van der Waals surface area contributed by atoms with Gasteiger partial charge in [0.2, 0.25) is 5.91 Å². The maximum Gasteiger partial charge on any atom is 0.417 e. The minimum atomic E-state index is -4.53. The predicted molar refractivity (Wildman–Crippen MR) is 84.5 cm³/mol. The maximum absolute atomic E-state index is 13.3. The monoisotopic (exact) mass is 353 g/mol. The highest BCUT2D eigenvalue weighted by atomic mass is 19.4. The van der Waals surface area contributed by atoms with Gasteiger partial charge in [-0.1, -0.05) is 6.07 Å². The third kappa shape index (κ3) is 4.98. The number of aryl methyl sites for hydroxylation is 1. The lowest BCUT2D eigenvalue weighted by molar-refractivity contribution is -0.136. The fourth-order valence-corrected chi connectivity index (χ4v) is 2.31. The molecule has 7 nitrogen and oxygen atoms in total. The molecule has 0 saturated carbocycles. The van der Waals surface area contributed by atoms with Gasteiger partial charge in [0.25, 0.3) is 0 Å². The Morgan fingerprint density at radius 3 is 2.80 bits per heavy atom. The average molecular weight is 353 g/mol. The lowest BCUT2D eigenvalue weighted by Crippen LogP contribution is -2.09. The molecule has 0 bridgehead atoms. The predicted octanol–water partition coefficient (Wildman–Crippen LogP) is 4.39. The Hall–Kier alpha value is -3.00. The SMILES string of the molecule is CC(=O)Nc1ccc2c(C(F)(F)F)cc(CCCON=[N+]=[N-])nc2c1. The van der Waals surface area contributed by atoms with Crippen LogP contribution < -0.4 is 5.32 Å². The Kier molecular flexibility index (Phi) is 5.66. The van der Waals surface area contributed by atoms with Gasteiger partial charge in [0.1, 0.15) is 5.28 Å². The summed E-state index contributed by atoms with van der Waals surface area (Å²) in [4.78, 5) is 22.3. The molecule has 0 spiro atoms. The number of hydrogen-bond donors (Lipinski definition) is 1. The fraction of sp³-hybridized carbons (Fsp3) is 0.333. The number of carbonyl (C=O) groups is 1. The maximum atomic E-state index is 13.3. The standard InChI is InChI=1S/C15H14F3N5O2/c1-9(24)20-11-4-5-12-13(15(16,17)18)7-10(21-14(12)8-11)3-2-6-25-23-22-19/h4-5,7-8H,2-3,6H2,1H3,(H,20,24). The zero-order chi connectivity index (χ0) is 18.4. The highest BCUT2D eigenvalue weighted by molar-refractivity contribution is 5.93. The van der Waals surface area contributed by atoms with Crippen molar-refractivity contribution in [3.05, 3.63) is 46.0 Å². The van der Waals surface area contributed by atoms with E-state index in [1.54, 1.807) is 0 Å². The van der Waals surface area contributed by atoms with Crippen molar-refractivity contribution in [2.24, 2.45) is 5.28 Å². The Bertz CT molecular complexity index is 832. The molecule has 0 unspecified atom stereocenters. The number of aromatic nitrogens is 1. The molecule has 1 aromatic heterocycles. The molecule has 10 heteroatoms. The number of pyridine rings is 1. The molecule has 0 saturated heterocycles. The number of alkyl halides is 3. The van der Waals surface area contributed by atoms with Crippen molar-refractivity contribution >= 4 is 22.5 Å². The molecular formula is C15H14F3N5O2. The number of hydrogen-bond acceptors (Lipinski definition) is 4. The molecule has 0 aliphatic carbocycles. The van der Waals surface area contributed by atoms with Crippen LogP contribution in [0.4, 0.5) is 18.9 Å². The van der Waals surface area contributed by atoms with Gasteiger partial charge in [-0.3, -0.25) is 9.78 Å². The molecule has 1 N–H and O–H groups in total. The summed E-state index contributed by atoms with van der Waals surface area (Å²) in [7, 11) is 0. The highest BCUT2D eigenvalue weighted by Crippen LogP contribution is 2.35. The van der Waals surface area contributed by atoms with Crippen LogP contribution in [0.3, 0.4) is 0 Å². The van der Waals surface area contributed by atoms with E-state index in [0.717, 1.165) is 6.07 Å². The van der Waals surface area contributed by atoms with Gasteiger partial charge in [0, 0.05) is 28.6 Å². The topological polar surface area (TPSA) is 100.0 Å². The lowest BCUT2D eigenvalue weighted by atomic mass is 10.0. The zero-order valence-electron chi connectivity index (χ0n) is 13.2. The van der Waals surface area contributed by atoms with Crippen LogP contribution in [0.2, 0.25) is 0 Å². The van der Waals surface area contributed by atoms with E-state index in [2.05, 4.69) is 25.3 Å². The number of fused-ring (bicyclic) bond motifs is 1. The normalized spacial score (nSPS) is 11.0. The molecule has 0 radical (unpaired) electrons. The highest BCUT2D eigenvalue weighted by Gasteiger charge is 2.33. The molecule has 25 heavy (non-hydrogen) atoms. The van der Waals surface area contributed by atoms with Crippen LogP contribution in [-0.4, -0.2) is 17.5 Å². The minimum absolute atomic E-state index is 0.0457.